The van der Waals surface area contributed by atoms with Crippen molar-refractivity contribution < 1.29 is 5.11 Å². The van der Waals surface area contributed by atoms with E-state index in [0.717, 1.165) is 43.9 Å². The van der Waals surface area contributed by atoms with Gasteiger partial charge in [0.2, 0.25) is 0 Å². The van der Waals surface area contributed by atoms with E-state index in [9.17, 15) is 5.11 Å². The Kier molecular flexibility index (Phi) is 3.35. The number of aliphatic hydroxyl groups excluding tert-OH is 1. The van der Waals surface area contributed by atoms with E-state index < -0.39 is 0 Å². The topological polar surface area (TPSA) is 54.2 Å². The van der Waals surface area contributed by atoms with Crippen LogP contribution < -0.4 is 0 Å². The van der Waals surface area contributed by atoms with Gasteiger partial charge in [-0.2, -0.15) is 5.10 Å². The van der Waals surface area contributed by atoms with Gasteiger partial charge in [-0.25, -0.2) is 9.67 Å². The first-order valence-electron chi connectivity index (χ1n) is 7.00. The lowest BCUT2D eigenvalue weighted by Gasteiger charge is -2.20. The Bertz CT molecular complexity index is 417. The number of hydrogen-bond donors (Lipinski definition) is 1. The second-order valence-corrected chi connectivity index (χ2v) is 5.74. The van der Waals surface area contributed by atoms with Crippen LogP contribution in [0.2, 0.25) is 0 Å². The number of fused-ring (bicyclic) bond motifs is 1. The number of aliphatic hydroxyl groups is 1. The first kappa shape index (κ1) is 12.1. The lowest BCUT2D eigenvalue weighted by molar-refractivity contribution is 0.194. The SMILES string of the molecule is CN1CCC(Cc2nc3n(n2)C(CO)CCC3)C1. The van der Waals surface area contributed by atoms with E-state index in [1.807, 2.05) is 4.68 Å². The molecule has 2 aliphatic rings. The number of nitrogens with zero attached hydrogens (tertiary/aromatic N) is 4. The zero-order valence-corrected chi connectivity index (χ0v) is 11.0. The van der Waals surface area contributed by atoms with Gasteiger partial charge in [-0.3, -0.25) is 0 Å². The minimum absolute atomic E-state index is 0.154. The number of aryl methyl sites for hydroxylation is 1. The fourth-order valence-corrected chi connectivity index (χ4v) is 3.19. The molecule has 1 aromatic rings. The van der Waals surface area contributed by atoms with Crippen LogP contribution in [0.3, 0.4) is 0 Å². The van der Waals surface area contributed by atoms with Crippen LogP contribution in [0.25, 0.3) is 0 Å². The van der Waals surface area contributed by atoms with Crippen molar-refractivity contribution in [3.63, 3.8) is 0 Å². The number of hydrogen-bond acceptors (Lipinski definition) is 4. The van der Waals surface area contributed by atoms with Gasteiger partial charge >= 0.3 is 0 Å². The van der Waals surface area contributed by atoms with Crippen molar-refractivity contribution in [2.45, 2.75) is 38.1 Å². The van der Waals surface area contributed by atoms with E-state index in [4.69, 9.17) is 0 Å². The van der Waals surface area contributed by atoms with Crippen molar-refractivity contribution in [2.75, 3.05) is 26.7 Å². The molecule has 5 nitrogen and oxygen atoms in total. The third kappa shape index (κ3) is 2.29. The summed E-state index contributed by atoms with van der Waals surface area (Å²) in [5.74, 6) is 2.75. The second-order valence-electron chi connectivity index (χ2n) is 5.74. The quantitative estimate of drug-likeness (QED) is 0.855. The van der Waals surface area contributed by atoms with E-state index in [1.54, 1.807) is 0 Å². The average molecular weight is 250 g/mol. The second kappa shape index (κ2) is 4.97. The Balaban J connectivity index is 1.72. The fraction of sp³-hybridized carbons (Fsp3) is 0.846. The van der Waals surface area contributed by atoms with Crippen molar-refractivity contribution in [3.8, 4) is 0 Å². The highest BCUT2D eigenvalue weighted by molar-refractivity contribution is 5.00. The monoisotopic (exact) mass is 250 g/mol. The molecule has 2 aliphatic heterocycles. The van der Waals surface area contributed by atoms with Crippen LogP contribution in [0.4, 0.5) is 0 Å². The Morgan fingerprint density at radius 3 is 3.00 bits per heavy atom. The molecule has 5 heteroatoms. The summed E-state index contributed by atoms with van der Waals surface area (Å²) in [6, 6.07) is 0.154. The molecule has 1 saturated heterocycles. The van der Waals surface area contributed by atoms with Crippen LogP contribution in [0.5, 0.6) is 0 Å². The summed E-state index contributed by atoms with van der Waals surface area (Å²) in [6.45, 7) is 2.53. The first-order valence-corrected chi connectivity index (χ1v) is 7.00. The molecule has 0 saturated carbocycles. The maximum atomic E-state index is 9.37. The molecule has 2 atom stereocenters. The van der Waals surface area contributed by atoms with Crippen LogP contribution in [0.15, 0.2) is 0 Å². The molecule has 3 heterocycles. The minimum atomic E-state index is 0.154. The van der Waals surface area contributed by atoms with E-state index in [-0.39, 0.29) is 12.6 Å². The van der Waals surface area contributed by atoms with Gasteiger partial charge in [0.1, 0.15) is 5.82 Å². The van der Waals surface area contributed by atoms with E-state index in [2.05, 4.69) is 22.0 Å². The summed E-state index contributed by atoms with van der Waals surface area (Å²) in [5, 5.41) is 14.0. The summed E-state index contributed by atoms with van der Waals surface area (Å²) >= 11 is 0. The zero-order chi connectivity index (χ0) is 12.5. The van der Waals surface area contributed by atoms with E-state index in [1.165, 1.54) is 13.0 Å². The highest BCUT2D eigenvalue weighted by Gasteiger charge is 2.25. The molecule has 1 fully saturated rings. The predicted octanol–water partition coefficient (Wildman–Crippen LogP) is 0.642. The van der Waals surface area contributed by atoms with E-state index >= 15 is 0 Å². The van der Waals surface area contributed by atoms with Crippen molar-refractivity contribution in [1.82, 2.24) is 19.7 Å². The van der Waals surface area contributed by atoms with Crippen LogP contribution in [0.1, 0.15) is 37.0 Å². The molecular weight excluding hydrogens is 228 g/mol. The summed E-state index contributed by atoms with van der Waals surface area (Å²) < 4.78 is 1.97. The zero-order valence-electron chi connectivity index (χ0n) is 11.0. The molecule has 0 aliphatic carbocycles. The van der Waals surface area contributed by atoms with Gasteiger partial charge in [-0.1, -0.05) is 0 Å². The number of aromatic nitrogens is 3. The van der Waals surface area contributed by atoms with E-state index in [0.29, 0.717) is 5.92 Å². The highest BCUT2D eigenvalue weighted by atomic mass is 16.3. The molecule has 3 rings (SSSR count). The normalized spacial score (nSPS) is 28.6. The summed E-state index contributed by atoms with van der Waals surface area (Å²) in [7, 11) is 2.17. The molecular formula is C13H22N4O. The molecule has 100 valence electrons. The molecule has 2 unspecified atom stereocenters. The molecule has 18 heavy (non-hydrogen) atoms. The Hall–Kier alpha value is -0.940. The third-order valence-electron chi connectivity index (χ3n) is 4.20. The highest BCUT2D eigenvalue weighted by Crippen LogP contribution is 2.24. The first-order chi connectivity index (χ1) is 8.76. The Labute approximate surface area is 108 Å². The van der Waals surface area contributed by atoms with Gasteiger partial charge in [-0.05, 0) is 38.8 Å². The maximum Gasteiger partial charge on any atom is 0.151 e. The lowest BCUT2D eigenvalue weighted by Crippen LogP contribution is -2.22. The van der Waals surface area contributed by atoms with Crippen LogP contribution in [-0.4, -0.2) is 51.5 Å². The Morgan fingerprint density at radius 1 is 1.39 bits per heavy atom. The van der Waals surface area contributed by atoms with Gasteiger partial charge in [0.05, 0.1) is 12.6 Å². The van der Waals surface area contributed by atoms with Crippen LogP contribution in [0, 0.1) is 5.92 Å². The molecule has 0 amide bonds. The smallest absolute Gasteiger partial charge is 0.151 e. The predicted molar refractivity (Wildman–Crippen MR) is 68.4 cm³/mol. The van der Waals surface area contributed by atoms with Crippen molar-refractivity contribution in [2.24, 2.45) is 5.92 Å². The van der Waals surface area contributed by atoms with Crippen molar-refractivity contribution in [3.05, 3.63) is 11.6 Å². The molecule has 0 bridgehead atoms. The van der Waals surface area contributed by atoms with Gasteiger partial charge in [0.15, 0.2) is 5.82 Å². The molecule has 1 N–H and O–H groups in total. The molecule has 0 spiro atoms. The van der Waals surface area contributed by atoms with Crippen LogP contribution >= 0.6 is 0 Å². The number of likely N-dealkylation sites (tertiary alicyclic amines) is 1. The molecule has 0 radical (unpaired) electrons. The summed E-state index contributed by atoms with van der Waals surface area (Å²) in [6.07, 6.45) is 5.40. The maximum absolute atomic E-state index is 9.37. The van der Waals surface area contributed by atoms with Gasteiger partial charge in [-0.15, -0.1) is 0 Å². The van der Waals surface area contributed by atoms with Gasteiger partial charge < -0.3 is 10.0 Å². The number of rotatable bonds is 3. The van der Waals surface area contributed by atoms with Gasteiger partial charge in [0.25, 0.3) is 0 Å². The summed E-state index contributed by atoms with van der Waals surface area (Å²) in [5.41, 5.74) is 0. The largest absolute Gasteiger partial charge is 0.394 e. The lowest BCUT2D eigenvalue weighted by atomic mass is 10.1. The molecule has 0 aromatic carbocycles. The van der Waals surface area contributed by atoms with Crippen LogP contribution in [-0.2, 0) is 12.8 Å². The standard InChI is InChI=1S/C13H22N4O/c1-16-6-5-10(8-16)7-12-14-13-4-2-3-11(9-18)17(13)15-12/h10-11,18H,2-9H2,1H3. The van der Waals surface area contributed by atoms with Crippen molar-refractivity contribution >= 4 is 0 Å². The fourth-order valence-electron chi connectivity index (χ4n) is 3.19. The van der Waals surface area contributed by atoms with Crippen molar-refractivity contribution in [1.29, 1.82) is 0 Å². The minimum Gasteiger partial charge on any atom is -0.394 e. The Morgan fingerprint density at radius 2 is 2.28 bits per heavy atom. The average Bonchev–Trinajstić information content (AvgIpc) is 2.94. The summed E-state index contributed by atoms with van der Waals surface area (Å²) in [4.78, 5) is 7.03. The van der Waals surface area contributed by atoms with Gasteiger partial charge in [0, 0.05) is 19.4 Å². The molecule has 1 aromatic heterocycles. The third-order valence-corrected chi connectivity index (χ3v) is 4.20.